The van der Waals surface area contributed by atoms with Crippen LogP contribution in [-0.4, -0.2) is 33.9 Å². The molecule has 0 bridgehead atoms. The van der Waals surface area contributed by atoms with E-state index in [-0.39, 0.29) is 16.5 Å². The minimum atomic E-state index is -0.725. The van der Waals surface area contributed by atoms with Gasteiger partial charge in [0.1, 0.15) is 11.5 Å². The van der Waals surface area contributed by atoms with E-state index in [2.05, 4.69) is 34.8 Å². The number of carbonyl (C=O) groups excluding carboxylic acids is 1. The molecule has 0 spiro atoms. The number of anilines is 1. The lowest BCUT2D eigenvalue weighted by atomic mass is 10.0. The van der Waals surface area contributed by atoms with Gasteiger partial charge in [0.25, 0.3) is 5.91 Å². The number of fused-ring (bicyclic) bond motifs is 2. The number of nitrogens with zero attached hydrogens (tertiary/aromatic N) is 3. The average Bonchev–Trinajstić information content (AvgIpc) is 3.10. The van der Waals surface area contributed by atoms with Gasteiger partial charge in [0.15, 0.2) is 5.43 Å². The smallest absolute Gasteiger partial charge is 0.268 e. The van der Waals surface area contributed by atoms with E-state index < -0.39 is 5.91 Å². The van der Waals surface area contributed by atoms with E-state index in [1.165, 1.54) is 12.3 Å². The van der Waals surface area contributed by atoms with Crippen molar-refractivity contribution in [3.05, 3.63) is 64.6 Å². The number of amides is 1. The third kappa shape index (κ3) is 3.22. The van der Waals surface area contributed by atoms with Crippen LogP contribution in [0.2, 0.25) is 0 Å². The molecule has 1 fully saturated rings. The van der Waals surface area contributed by atoms with E-state index in [1.807, 2.05) is 24.3 Å². The summed E-state index contributed by atoms with van der Waals surface area (Å²) >= 11 is 0. The summed E-state index contributed by atoms with van der Waals surface area (Å²) in [5, 5.41) is 1.20. The van der Waals surface area contributed by atoms with Crippen molar-refractivity contribution >= 4 is 33.5 Å². The van der Waals surface area contributed by atoms with E-state index >= 15 is 0 Å². The molecule has 1 aliphatic rings. The largest absolute Gasteiger partial charge is 0.364 e. The first-order valence-electron chi connectivity index (χ1n) is 10.4. The summed E-state index contributed by atoms with van der Waals surface area (Å²) in [5.41, 5.74) is 8.05. The van der Waals surface area contributed by atoms with E-state index in [1.54, 1.807) is 6.07 Å². The van der Waals surface area contributed by atoms with Crippen molar-refractivity contribution in [2.24, 2.45) is 17.6 Å². The lowest BCUT2D eigenvalue weighted by molar-refractivity contribution is 0.0997. The molecular weight excluding hydrogens is 390 g/mol. The average molecular weight is 413 g/mol. The van der Waals surface area contributed by atoms with Gasteiger partial charge in [0.2, 0.25) is 0 Å². The molecule has 7 nitrogen and oxygen atoms in total. The number of pyridine rings is 3. The predicted octanol–water partition coefficient (Wildman–Crippen LogP) is 3.33. The standard InChI is InChI=1S/C24H23N5O2/c1-13-11-29(12-14(13)2)24-16(9-15-5-3-4-6-17(15)28-24)19-10-20(30)21-18(27-19)7-8-26-22(21)23(25)31/h3-10,13-14H,11-12H2,1-2H3,(H2,25,31)(H,27,30)/t13-,14-/m1/s1. The highest BCUT2D eigenvalue weighted by Gasteiger charge is 2.29. The van der Waals surface area contributed by atoms with Gasteiger partial charge in [0.05, 0.1) is 22.1 Å². The van der Waals surface area contributed by atoms with Crippen LogP contribution in [0.25, 0.3) is 33.1 Å². The number of nitrogens with two attached hydrogens (primary N) is 1. The van der Waals surface area contributed by atoms with Crippen LogP contribution in [0, 0.1) is 11.8 Å². The minimum absolute atomic E-state index is 0.0237. The lowest BCUT2D eigenvalue weighted by Crippen LogP contribution is -2.22. The Morgan fingerprint density at radius 3 is 2.61 bits per heavy atom. The lowest BCUT2D eigenvalue weighted by Gasteiger charge is -2.22. The molecule has 0 aliphatic carbocycles. The summed E-state index contributed by atoms with van der Waals surface area (Å²) in [5.74, 6) is 1.24. The van der Waals surface area contributed by atoms with Gasteiger partial charge in [-0.15, -0.1) is 0 Å². The number of rotatable bonds is 3. The Labute approximate surface area is 178 Å². The topological polar surface area (TPSA) is 105 Å². The Balaban J connectivity index is 1.76. The second-order valence-electron chi connectivity index (χ2n) is 8.41. The van der Waals surface area contributed by atoms with Crippen LogP contribution in [0.15, 0.2) is 53.5 Å². The molecule has 1 amide bonds. The first-order chi connectivity index (χ1) is 14.9. The normalized spacial score (nSPS) is 18.7. The second-order valence-corrected chi connectivity index (χ2v) is 8.41. The molecule has 0 unspecified atom stereocenters. The van der Waals surface area contributed by atoms with Crippen LogP contribution in [0.5, 0.6) is 0 Å². The van der Waals surface area contributed by atoms with Gasteiger partial charge in [-0.2, -0.15) is 0 Å². The summed E-state index contributed by atoms with van der Waals surface area (Å²) in [4.78, 5) is 39.3. The molecule has 4 aromatic rings. The second kappa shape index (κ2) is 7.19. The molecule has 156 valence electrons. The number of aromatic nitrogens is 3. The molecule has 0 radical (unpaired) electrons. The fourth-order valence-corrected chi connectivity index (χ4v) is 4.38. The number of hydrogen-bond acceptors (Lipinski definition) is 5. The number of hydrogen-bond donors (Lipinski definition) is 2. The summed E-state index contributed by atoms with van der Waals surface area (Å²) in [7, 11) is 0. The van der Waals surface area contributed by atoms with Crippen molar-refractivity contribution in [3.63, 3.8) is 0 Å². The predicted molar refractivity (Wildman–Crippen MR) is 122 cm³/mol. The summed E-state index contributed by atoms with van der Waals surface area (Å²) in [6.45, 7) is 6.32. The van der Waals surface area contributed by atoms with E-state index in [0.29, 0.717) is 23.0 Å². The molecule has 2 atom stereocenters. The Morgan fingerprint density at radius 1 is 1.13 bits per heavy atom. The molecule has 3 aromatic heterocycles. The van der Waals surface area contributed by atoms with Gasteiger partial charge in [-0.05, 0) is 30.0 Å². The quantitative estimate of drug-likeness (QED) is 0.536. The van der Waals surface area contributed by atoms with Crippen molar-refractivity contribution in [1.29, 1.82) is 0 Å². The molecule has 1 saturated heterocycles. The zero-order chi connectivity index (χ0) is 21.7. The molecule has 0 saturated carbocycles. The Kier molecular flexibility index (Phi) is 4.46. The van der Waals surface area contributed by atoms with Gasteiger partial charge in [-0.1, -0.05) is 32.0 Å². The molecule has 5 rings (SSSR count). The van der Waals surface area contributed by atoms with E-state index in [0.717, 1.165) is 35.4 Å². The first-order valence-corrected chi connectivity index (χ1v) is 10.4. The Bertz CT molecular complexity index is 1380. The van der Waals surface area contributed by atoms with E-state index in [4.69, 9.17) is 10.7 Å². The number of carbonyl (C=O) groups is 1. The van der Waals surface area contributed by atoms with Crippen LogP contribution in [0.1, 0.15) is 24.3 Å². The fourth-order valence-electron chi connectivity index (χ4n) is 4.38. The zero-order valence-electron chi connectivity index (χ0n) is 17.4. The van der Waals surface area contributed by atoms with Crippen LogP contribution >= 0.6 is 0 Å². The number of aromatic amines is 1. The number of nitrogens with one attached hydrogen (secondary N) is 1. The van der Waals surface area contributed by atoms with Gasteiger partial charge in [-0.25, -0.2) is 4.98 Å². The van der Waals surface area contributed by atoms with E-state index in [9.17, 15) is 9.59 Å². The summed E-state index contributed by atoms with van der Waals surface area (Å²) < 4.78 is 0. The van der Waals surface area contributed by atoms with Gasteiger partial charge in [-0.3, -0.25) is 14.6 Å². The maximum Gasteiger partial charge on any atom is 0.268 e. The SMILES string of the molecule is C[C@@H]1CN(c2nc3ccccc3cc2-c2cc(=O)c3c(C(N)=O)nccc3[nH]2)C[C@H]1C. The maximum absolute atomic E-state index is 13.0. The number of primary amides is 1. The molecule has 4 heterocycles. The third-order valence-corrected chi connectivity index (χ3v) is 6.26. The summed E-state index contributed by atoms with van der Waals surface area (Å²) in [6, 6.07) is 13.2. The van der Waals surface area contributed by atoms with Crippen LogP contribution < -0.4 is 16.1 Å². The molecule has 31 heavy (non-hydrogen) atoms. The highest BCUT2D eigenvalue weighted by molar-refractivity contribution is 6.04. The van der Waals surface area contributed by atoms with Gasteiger partial charge in [0, 0.05) is 36.3 Å². The molecule has 7 heteroatoms. The highest BCUT2D eigenvalue weighted by Crippen LogP contribution is 2.35. The van der Waals surface area contributed by atoms with Crippen molar-refractivity contribution in [2.45, 2.75) is 13.8 Å². The van der Waals surface area contributed by atoms with Crippen molar-refractivity contribution < 1.29 is 4.79 Å². The first kappa shape index (κ1) is 19.2. The third-order valence-electron chi connectivity index (χ3n) is 6.26. The van der Waals surface area contributed by atoms with Crippen molar-refractivity contribution in [2.75, 3.05) is 18.0 Å². The highest BCUT2D eigenvalue weighted by atomic mass is 16.1. The Hall–Kier alpha value is -3.74. The zero-order valence-corrected chi connectivity index (χ0v) is 17.4. The van der Waals surface area contributed by atoms with Crippen molar-refractivity contribution in [3.8, 4) is 11.3 Å². The van der Waals surface area contributed by atoms with Crippen LogP contribution in [0.4, 0.5) is 5.82 Å². The number of benzene rings is 1. The molecule has 1 aromatic carbocycles. The Morgan fingerprint density at radius 2 is 1.87 bits per heavy atom. The molecule has 1 aliphatic heterocycles. The fraction of sp³-hybridized carbons (Fsp3) is 0.250. The van der Waals surface area contributed by atoms with Crippen LogP contribution in [0.3, 0.4) is 0 Å². The maximum atomic E-state index is 13.0. The molecule has 3 N–H and O–H groups in total. The number of H-pyrrole nitrogens is 1. The minimum Gasteiger partial charge on any atom is -0.364 e. The van der Waals surface area contributed by atoms with Gasteiger partial charge < -0.3 is 15.6 Å². The summed E-state index contributed by atoms with van der Waals surface area (Å²) in [6.07, 6.45) is 1.48. The number of para-hydroxylation sites is 1. The molecular formula is C24H23N5O2. The van der Waals surface area contributed by atoms with Crippen LogP contribution in [-0.2, 0) is 0 Å². The van der Waals surface area contributed by atoms with Crippen molar-refractivity contribution in [1.82, 2.24) is 15.0 Å². The van der Waals surface area contributed by atoms with Gasteiger partial charge >= 0.3 is 0 Å². The monoisotopic (exact) mass is 413 g/mol.